The monoisotopic (exact) mass is 773 g/mol. The van der Waals surface area contributed by atoms with Gasteiger partial charge in [0.1, 0.15) is 11.2 Å². The van der Waals surface area contributed by atoms with Crippen molar-refractivity contribution in [1.82, 2.24) is 15.0 Å². The fourth-order valence-electron chi connectivity index (χ4n) is 9.21. The molecular formula is C54H35N3OS. The van der Waals surface area contributed by atoms with E-state index < -0.39 is 0 Å². The van der Waals surface area contributed by atoms with Gasteiger partial charge >= 0.3 is 0 Å². The minimum Gasteiger partial charge on any atom is -0.455 e. The van der Waals surface area contributed by atoms with Crippen molar-refractivity contribution < 1.29 is 4.42 Å². The number of nitrogens with zero attached hydrogens (tertiary/aromatic N) is 3. The Morgan fingerprint density at radius 3 is 1.86 bits per heavy atom. The zero-order chi connectivity index (χ0) is 38.9. The van der Waals surface area contributed by atoms with Crippen LogP contribution in [0.2, 0.25) is 0 Å². The van der Waals surface area contributed by atoms with E-state index in [4.69, 9.17) is 19.4 Å². The van der Waals surface area contributed by atoms with Crippen molar-refractivity contribution in [1.29, 1.82) is 0 Å². The molecule has 59 heavy (non-hydrogen) atoms. The summed E-state index contributed by atoms with van der Waals surface area (Å²) in [5.41, 5.74) is 13.4. The van der Waals surface area contributed by atoms with Gasteiger partial charge in [0.25, 0.3) is 0 Å². The average molecular weight is 774 g/mol. The molecule has 0 radical (unpaired) electrons. The Kier molecular flexibility index (Phi) is 7.88. The van der Waals surface area contributed by atoms with Crippen molar-refractivity contribution in [3.05, 3.63) is 199 Å². The van der Waals surface area contributed by atoms with E-state index in [9.17, 15) is 0 Å². The summed E-state index contributed by atoms with van der Waals surface area (Å²) in [5, 5.41) is 4.78. The lowest BCUT2D eigenvalue weighted by atomic mass is 9.82. The highest BCUT2D eigenvalue weighted by molar-refractivity contribution is 7.25. The maximum absolute atomic E-state index is 7.00. The van der Waals surface area contributed by atoms with Gasteiger partial charge in [-0.25, -0.2) is 15.0 Å². The third kappa shape index (κ3) is 5.69. The Hall–Kier alpha value is -7.21. The number of furan rings is 1. The van der Waals surface area contributed by atoms with Gasteiger partial charge in [-0.3, -0.25) is 0 Å². The molecule has 8 aromatic carbocycles. The number of rotatable bonds is 5. The number of hydrogen-bond donors (Lipinski definition) is 0. The first-order chi connectivity index (χ1) is 29.2. The van der Waals surface area contributed by atoms with Gasteiger partial charge in [-0.2, -0.15) is 0 Å². The summed E-state index contributed by atoms with van der Waals surface area (Å²) in [4.78, 5) is 14.9. The molecule has 3 aromatic heterocycles. The van der Waals surface area contributed by atoms with Crippen LogP contribution in [0.4, 0.5) is 0 Å². The molecule has 1 unspecified atom stereocenters. The van der Waals surface area contributed by atoms with Gasteiger partial charge in [0.2, 0.25) is 0 Å². The molecular weight excluding hydrogens is 739 g/mol. The topological polar surface area (TPSA) is 51.8 Å². The predicted molar refractivity (Wildman–Crippen MR) is 244 cm³/mol. The van der Waals surface area contributed by atoms with Crippen LogP contribution in [0.3, 0.4) is 0 Å². The van der Waals surface area contributed by atoms with Crippen molar-refractivity contribution in [2.75, 3.05) is 0 Å². The normalized spacial score (nSPS) is 13.8. The molecule has 1 atom stereocenters. The summed E-state index contributed by atoms with van der Waals surface area (Å²) in [5.74, 6) is 2.12. The lowest BCUT2D eigenvalue weighted by molar-refractivity contribution is 0.670. The first-order valence-corrected chi connectivity index (χ1v) is 21.0. The largest absolute Gasteiger partial charge is 0.455 e. The predicted octanol–water partition coefficient (Wildman–Crippen LogP) is 14.6. The summed E-state index contributed by atoms with van der Waals surface area (Å²) >= 11 is 1.90. The Bertz CT molecular complexity index is 3330. The molecule has 0 saturated carbocycles. The van der Waals surface area contributed by atoms with Gasteiger partial charge < -0.3 is 4.42 Å². The van der Waals surface area contributed by atoms with Gasteiger partial charge in [0.05, 0.1) is 0 Å². The molecule has 3 heterocycles. The van der Waals surface area contributed by atoms with Crippen molar-refractivity contribution in [2.24, 2.45) is 0 Å². The molecule has 5 heteroatoms. The third-order valence-electron chi connectivity index (χ3n) is 12.0. The molecule has 0 N–H and O–H groups in total. The van der Waals surface area contributed by atoms with Gasteiger partial charge in [0, 0.05) is 59.1 Å². The van der Waals surface area contributed by atoms with Crippen molar-refractivity contribution in [3.63, 3.8) is 0 Å². The second-order valence-electron chi connectivity index (χ2n) is 15.4. The Morgan fingerprint density at radius 2 is 1.10 bits per heavy atom. The smallest absolute Gasteiger partial charge is 0.164 e. The number of thiophene rings is 1. The molecule has 11 aromatic rings. The first-order valence-electron chi connectivity index (χ1n) is 20.2. The Morgan fingerprint density at radius 1 is 0.458 bits per heavy atom. The zero-order valence-corrected chi connectivity index (χ0v) is 32.8. The van der Waals surface area contributed by atoms with Crippen LogP contribution in [0.25, 0.3) is 98.5 Å². The van der Waals surface area contributed by atoms with Crippen LogP contribution < -0.4 is 0 Å². The first kappa shape index (κ1) is 33.9. The number of aromatic nitrogens is 3. The number of aryl methyl sites for hydroxylation is 1. The van der Waals surface area contributed by atoms with E-state index in [0.29, 0.717) is 17.5 Å². The lowest BCUT2D eigenvalue weighted by Crippen LogP contribution is -2.02. The van der Waals surface area contributed by atoms with Crippen LogP contribution in [-0.4, -0.2) is 15.0 Å². The fraction of sp³-hybridized carbons (Fsp3) is 0.0556. The number of hydrogen-bond acceptors (Lipinski definition) is 5. The standard InChI is InChI=1S/C54H35N3OS/c1-4-14-33(15-5-1)38-28-26-36-31-49-46(40-20-10-11-25-48(40)59-49)32-45(36)50-41(38)21-12-22-42(50)44-24-13-23-43-39-29-27-37(30-47(39)58-51(43)44)54-56-52(34-16-6-2-7-17-34)55-53(57-54)35-18-8-3-9-19-35/h1-25,27,29-32,38H,26,28H2. The van der Waals surface area contributed by atoms with Crippen LogP contribution in [-0.2, 0) is 6.42 Å². The van der Waals surface area contributed by atoms with Crippen molar-refractivity contribution in [3.8, 4) is 56.4 Å². The van der Waals surface area contributed by atoms with Crippen LogP contribution in [0.15, 0.2) is 186 Å². The fourth-order valence-corrected chi connectivity index (χ4v) is 10.4. The summed E-state index contributed by atoms with van der Waals surface area (Å²) in [6.45, 7) is 0. The third-order valence-corrected chi connectivity index (χ3v) is 13.1. The lowest BCUT2D eigenvalue weighted by Gasteiger charge is -2.21. The molecule has 1 aliphatic rings. The molecule has 278 valence electrons. The van der Waals surface area contributed by atoms with Gasteiger partial charge in [0.15, 0.2) is 17.5 Å². The molecule has 4 nitrogen and oxygen atoms in total. The van der Waals surface area contributed by atoms with E-state index in [0.717, 1.165) is 57.0 Å². The molecule has 0 spiro atoms. The Labute approximate surface area is 345 Å². The zero-order valence-electron chi connectivity index (χ0n) is 32.0. The van der Waals surface area contributed by atoms with E-state index in [1.807, 2.05) is 72.0 Å². The van der Waals surface area contributed by atoms with E-state index in [-0.39, 0.29) is 5.92 Å². The van der Waals surface area contributed by atoms with E-state index in [2.05, 4.69) is 121 Å². The number of para-hydroxylation sites is 1. The maximum Gasteiger partial charge on any atom is 0.164 e. The molecule has 1 aliphatic carbocycles. The van der Waals surface area contributed by atoms with E-state index in [1.54, 1.807) is 0 Å². The highest BCUT2D eigenvalue weighted by Crippen LogP contribution is 2.50. The molecule has 0 aliphatic heterocycles. The second-order valence-corrected chi connectivity index (χ2v) is 16.5. The highest BCUT2D eigenvalue weighted by atomic mass is 32.1. The minimum atomic E-state index is 0.257. The average Bonchev–Trinajstić information content (AvgIpc) is 3.82. The van der Waals surface area contributed by atoms with Crippen LogP contribution >= 0.6 is 11.3 Å². The SMILES string of the molecule is c1ccc(-c2nc(-c3ccccc3)nc(-c3ccc4c(c3)oc3c(-c5cccc6c5-c5cc7c(cc5CCC6c5ccccc5)sc5ccccc57)cccc34)n2)cc1. The van der Waals surface area contributed by atoms with Gasteiger partial charge in [-0.15, -0.1) is 11.3 Å². The number of benzene rings is 8. The summed E-state index contributed by atoms with van der Waals surface area (Å²) in [6, 6.07) is 64.8. The second kappa shape index (κ2) is 13.7. The molecule has 0 saturated heterocycles. The summed E-state index contributed by atoms with van der Waals surface area (Å²) < 4.78 is 9.68. The minimum absolute atomic E-state index is 0.257. The molecule has 0 fully saturated rings. The van der Waals surface area contributed by atoms with Gasteiger partial charge in [-0.05, 0) is 76.6 Å². The van der Waals surface area contributed by atoms with E-state index in [1.165, 1.54) is 53.6 Å². The van der Waals surface area contributed by atoms with Crippen molar-refractivity contribution >= 4 is 53.4 Å². The van der Waals surface area contributed by atoms with Crippen LogP contribution in [0.5, 0.6) is 0 Å². The summed E-state index contributed by atoms with van der Waals surface area (Å²) in [6.07, 6.45) is 2.04. The van der Waals surface area contributed by atoms with E-state index >= 15 is 0 Å². The molecule has 0 bridgehead atoms. The Balaban J connectivity index is 1.06. The maximum atomic E-state index is 7.00. The van der Waals surface area contributed by atoms with Crippen molar-refractivity contribution in [2.45, 2.75) is 18.8 Å². The van der Waals surface area contributed by atoms with Crippen LogP contribution in [0, 0.1) is 0 Å². The molecule has 0 amide bonds. The number of fused-ring (bicyclic) bond motifs is 9. The molecule has 12 rings (SSSR count). The summed E-state index contributed by atoms with van der Waals surface area (Å²) in [7, 11) is 0. The van der Waals surface area contributed by atoms with Crippen LogP contribution in [0.1, 0.15) is 29.0 Å². The highest BCUT2D eigenvalue weighted by Gasteiger charge is 2.28. The van der Waals surface area contributed by atoms with Gasteiger partial charge in [-0.1, -0.05) is 152 Å². The quantitative estimate of drug-likeness (QED) is 0.175.